The van der Waals surface area contributed by atoms with Crippen LogP contribution >= 0.6 is 0 Å². The van der Waals surface area contributed by atoms with Gasteiger partial charge >= 0.3 is 29.6 Å². The van der Waals surface area contributed by atoms with Crippen molar-refractivity contribution in [1.82, 2.24) is 0 Å². The average Bonchev–Trinajstić information content (AvgIpc) is 2.20. The smallest absolute Gasteiger partial charge is 0.457 e. The highest BCUT2D eigenvalue weighted by molar-refractivity contribution is 6.05. The van der Waals surface area contributed by atoms with Crippen molar-refractivity contribution in [1.29, 1.82) is 0 Å². The van der Waals surface area contributed by atoms with Gasteiger partial charge in [0.15, 0.2) is 0 Å². The maximum Gasteiger partial charge on any atom is 0.457 e. The highest BCUT2D eigenvalue weighted by atomic mass is 19.4. The zero-order valence-corrected chi connectivity index (χ0v) is 13.5. The Balaban J connectivity index is 6.10. The van der Waals surface area contributed by atoms with Gasteiger partial charge in [-0.05, 0) is 41.5 Å². The lowest BCUT2D eigenvalue weighted by Crippen LogP contribution is -2.68. The summed E-state index contributed by atoms with van der Waals surface area (Å²) in [5, 5.41) is 9.72. The number of hydrogen-bond acceptors (Lipinski definition) is 5. The molecule has 23 heavy (non-hydrogen) atoms. The minimum Gasteiger partial charge on any atom is -0.457 e. The summed E-state index contributed by atoms with van der Waals surface area (Å²) in [6.07, 6.45) is -6.39. The molecule has 0 saturated carbocycles. The van der Waals surface area contributed by atoms with Gasteiger partial charge in [0.25, 0.3) is 0 Å². The van der Waals surface area contributed by atoms with Crippen LogP contribution in [0.25, 0.3) is 0 Å². The first-order chi connectivity index (χ1) is 9.76. The summed E-state index contributed by atoms with van der Waals surface area (Å²) in [6, 6.07) is 0. The number of aliphatic hydroxyl groups is 1. The third-order valence-corrected chi connectivity index (χ3v) is 2.20. The van der Waals surface area contributed by atoms with E-state index in [1.54, 1.807) is 0 Å². The Morgan fingerprint density at radius 2 is 1.00 bits per heavy atom. The first-order valence-corrected chi connectivity index (χ1v) is 6.39. The number of esters is 2. The second-order valence-corrected chi connectivity index (χ2v) is 6.79. The molecule has 0 saturated heterocycles. The van der Waals surface area contributed by atoms with Gasteiger partial charge in [-0.2, -0.15) is 22.0 Å². The number of hydrogen-bond donors (Lipinski definition) is 1. The molecule has 0 aromatic carbocycles. The minimum absolute atomic E-state index is 1.16. The van der Waals surface area contributed by atoms with E-state index in [0.29, 0.717) is 0 Å². The third-order valence-electron chi connectivity index (χ3n) is 2.20. The van der Waals surface area contributed by atoms with Crippen LogP contribution in [-0.4, -0.2) is 45.9 Å². The summed E-state index contributed by atoms with van der Waals surface area (Å²) in [7, 11) is 0. The van der Waals surface area contributed by atoms with E-state index in [2.05, 4.69) is 9.47 Å². The van der Waals surface area contributed by atoms with E-state index < -0.39 is 40.8 Å². The van der Waals surface area contributed by atoms with Gasteiger partial charge in [0.1, 0.15) is 11.2 Å². The monoisotopic (exact) mass is 350 g/mol. The van der Waals surface area contributed by atoms with E-state index in [-0.39, 0.29) is 0 Å². The quantitative estimate of drug-likeness (QED) is 0.481. The van der Waals surface area contributed by atoms with Crippen LogP contribution in [0, 0.1) is 0 Å². The Morgan fingerprint density at radius 3 is 1.17 bits per heavy atom. The summed E-state index contributed by atoms with van der Waals surface area (Å²) in [6.45, 7) is 6.95. The molecule has 0 unspecified atom stereocenters. The van der Waals surface area contributed by atoms with Crippen molar-refractivity contribution >= 4 is 11.9 Å². The van der Waals surface area contributed by atoms with E-state index in [0.717, 1.165) is 41.5 Å². The molecule has 0 amide bonds. The summed E-state index contributed by atoms with van der Waals surface area (Å²) >= 11 is 0. The van der Waals surface area contributed by atoms with E-state index in [9.17, 15) is 36.6 Å². The molecule has 0 aromatic heterocycles. The molecule has 5 nitrogen and oxygen atoms in total. The van der Waals surface area contributed by atoms with Gasteiger partial charge in [-0.1, -0.05) is 0 Å². The number of alkyl halides is 5. The van der Waals surface area contributed by atoms with Crippen LogP contribution in [0.15, 0.2) is 0 Å². The molecule has 0 heterocycles. The SMILES string of the molecule is CC(C)(C)OC(=O)C(O)(C(=O)OC(C)(C)C)C(F)(F)C(F)(F)F. The lowest BCUT2D eigenvalue weighted by Gasteiger charge is -2.36. The number of rotatable bonds is 3. The summed E-state index contributed by atoms with van der Waals surface area (Å²) in [5.41, 5.74) is -7.94. The average molecular weight is 350 g/mol. The first-order valence-electron chi connectivity index (χ1n) is 6.39. The maximum absolute atomic E-state index is 13.7. The molecule has 0 aromatic rings. The zero-order chi connectivity index (χ0) is 19.1. The second kappa shape index (κ2) is 5.88. The summed E-state index contributed by atoms with van der Waals surface area (Å²) in [5.74, 6) is -11.0. The molecule has 0 radical (unpaired) electrons. The minimum atomic E-state index is -6.39. The van der Waals surface area contributed by atoms with Crippen molar-refractivity contribution in [3.63, 3.8) is 0 Å². The molecule has 136 valence electrons. The number of carbonyl (C=O) groups is 2. The van der Waals surface area contributed by atoms with E-state index in [1.807, 2.05) is 0 Å². The van der Waals surface area contributed by atoms with Crippen LogP contribution in [-0.2, 0) is 19.1 Å². The van der Waals surface area contributed by atoms with Gasteiger partial charge in [-0.15, -0.1) is 0 Å². The van der Waals surface area contributed by atoms with Crippen molar-refractivity contribution < 1.29 is 46.1 Å². The Labute approximate surface area is 129 Å². The molecule has 0 bridgehead atoms. The predicted molar refractivity (Wildman–Crippen MR) is 67.6 cm³/mol. The van der Waals surface area contributed by atoms with Gasteiger partial charge in [0.05, 0.1) is 0 Å². The van der Waals surface area contributed by atoms with Crippen LogP contribution in [0.5, 0.6) is 0 Å². The Hall–Kier alpha value is -1.45. The van der Waals surface area contributed by atoms with E-state index >= 15 is 0 Å². The zero-order valence-electron chi connectivity index (χ0n) is 13.5. The van der Waals surface area contributed by atoms with Crippen LogP contribution in [0.2, 0.25) is 0 Å². The molecule has 0 fully saturated rings. The molecule has 0 rings (SSSR count). The molecule has 0 aliphatic carbocycles. The van der Waals surface area contributed by atoms with Crippen molar-refractivity contribution in [3.8, 4) is 0 Å². The van der Waals surface area contributed by atoms with Crippen LogP contribution in [0.1, 0.15) is 41.5 Å². The molecule has 10 heteroatoms. The summed E-state index contributed by atoms with van der Waals surface area (Å²) in [4.78, 5) is 23.5. The molecule has 0 spiro atoms. The molecular weight excluding hydrogens is 331 g/mol. The third kappa shape index (κ3) is 4.76. The fourth-order valence-electron chi connectivity index (χ4n) is 1.25. The highest BCUT2D eigenvalue weighted by Crippen LogP contribution is 2.45. The van der Waals surface area contributed by atoms with Crippen molar-refractivity contribution in [2.24, 2.45) is 0 Å². The summed E-state index contributed by atoms with van der Waals surface area (Å²) < 4.78 is 73.8. The van der Waals surface area contributed by atoms with Gasteiger partial charge in [0, 0.05) is 0 Å². The fourth-order valence-corrected chi connectivity index (χ4v) is 1.25. The van der Waals surface area contributed by atoms with Gasteiger partial charge in [-0.25, -0.2) is 9.59 Å². The van der Waals surface area contributed by atoms with Crippen LogP contribution in [0.4, 0.5) is 22.0 Å². The number of ether oxygens (including phenoxy) is 2. The highest BCUT2D eigenvalue weighted by Gasteiger charge is 2.79. The fraction of sp³-hybridized carbons (Fsp3) is 0.846. The van der Waals surface area contributed by atoms with Gasteiger partial charge < -0.3 is 14.6 Å². The second-order valence-electron chi connectivity index (χ2n) is 6.79. The predicted octanol–water partition coefficient (Wildman–Crippen LogP) is 2.60. The molecular formula is C13H19F5O5. The largest absolute Gasteiger partial charge is 0.457 e. The molecule has 0 atom stereocenters. The van der Waals surface area contributed by atoms with E-state index in [1.165, 1.54) is 0 Å². The molecule has 1 N–H and O–H groups in total. The van der Waals surface area contributed by atoms with Crippen LogP contribution < -0.4 is 0 Å². The first kappa shape index (κ1) is 21.6. The van der Waals surface area contributed by atoms with Crippen molar-refractivity contribution in [3.05, 3.63) is 0 Å². The van der Waals surface area contributed by atoms with Crippen molar-refractivity contribution in [2.75, 3.05) is 0 Å². The Kier molecular flexibility index (Phi) is 5.51. The Morgan fingerprint density at radius 1 is 0.739 bits per heavy atom. The lowest BCUT2D eigenvalue weighted by molar-refractivity contribution is -0.335. The standard InChI is InChI=1S/C13H19F5O5/c1-9(2,3)22-7(19)11(21,8(20)23-10(4,5)6)12(14,15)13(16,17)18/h21H,1-6H3. The molecule has 0 aliphatic heterocycles. The normalized spacial score (nSPS) is 14.4. The maximum atomic E-state index is 13.7. The molecule has 0 aliphatic rings. The van der Waals surface area contributed by atoms with E-state index in [4.69, 9.17) is 0 Å². The Bertz CT molecular complexity index is 443. The van der Waals surface area contributed by atoms with Crippen molar-refractivity contribution in [2.45, 2.75) is 70.4 Å². The lowest BCUT2D eigenvalue weighted by atomic mass is 9.94. The topological polar surface area (TPSA) is 72.8 Å². The van der Waals surface area contributed by atoms with Gasteiger partial charge in [-0.3, -0.25) is 0 Å². The number of halogens is 5. The number of carbonyl (C=O) groups excluding carboxylic acids is 2. The van der Waals surface area contributed by atoms with Crippen LogP contribution in [0.3, 0.4) is 0 Å². The van der Waals surface area contributed by atoms with Gasteiger partial charge in [0.2, 0.25) is 0 Å².